The fourth-order valence-corrected chi connectivity index (χ4v) is 3.83. The van der Waals surface area contributed by atoms with Crippen LogP contribution in [0.2, 0.25) is 10.0 Å². The number of hydrogen-bond acceptors (Lipinski definition) is 9. The summed E-state index contributed by atoms with van der Waals surface area (Å²) in [7, 11) is 1.08. The van der Waals surface area contributed by atoms with Crippen molar-refractivity contribution in [3.8, 4) is 0 Å². The molecule has 3 atom stereocenters. The molecule has 1 aromatic heterocycles. The van der Waals surface area contributed by atoms with Gasteiger partial charge in [0.2, 0.25) is 5.91 Å². The molecule has 3 rings (SSSR count). The van der Waals surface area contributed by atoms with E-state index in [2.05, 4.69) is 15.3 Å². The van der Waals surface area contributed by atoms with Gasteiger partial charge in [-0.05, 0) is 12.1 Å². The summed E-state index contributed by atoms with van der Waals surface area (Å²) in [6.45, 7) is 0. The lowest BCUT2D eigenvalue weighted by Crippen LogP contribution is -2.99. The number of benzene rings is 2. The lowest BCUT2D eigenvalue weighted by molar-refractivity contribution is -0.991. The number of anilines is 1. The standard InChI is InChI=1S/C20H19Cl2N5O7/c1-34-20(30)10(8-15-18(28)24-14-5-3-2-4-13(14)23-15)16(26-31)19(29)25-17-11(21)6-9(27(32)33)7-12(17)22/h2-7,10,16,26-27,31-32H,8H2,1H3,(H,24,28)(H,25,29). The number of halogens is 2. The van der Waals surface area contributed by atoms with E-state index in [4.69, 9.17) is 33.1 Å². The molecule has 12 nitrogen and oxygen atoms in total. The molecular weight excluding hydrogens is 493 g/mol. The van der Waals surface area contributed by atoms with Crippen molar-refractivity contribution in [1.82, 2.24) is 15.4 Å². The van der Waals surface area contributed by atoms with Gasteiger partial charge in [-0.3, -0.25) is 14.4 Å². The second-order valence-corrected chi connectivity index (χ2v) is 7.89. The average molecular weight is 512 g/mol. The Hall–Kier alpha value is -3.10. The van der Waals surface area contributed by atoms with Crippen molar-refractivity contribution in [3.05, 3.63) is 67.7 Å². The number of aromatic amines is 1. The number of esters is 1. The first kappa shape index (κ1) is 25.5. The second-order valence-electron chi connectivity index (χ2n) is 7.08. The molecule has 6 N–H and O–H groups in total. The van der Waals surface area contributed by atoms with Crippen LogP contribution in [-0.4, -0.2) is 45.4 Å². The van der Waals surface area contributed by atoms with Crippen LogP contribution in [0.4, 0.5) is 11.4 Å². The number of carbonyl (C=O) groups is 2. The molecule has 1 amide bonds. The van der Waals surface area contributed by atoms with Gasteiger partial charge in [0.05, 0.1) is 39.8 Å². The Morgan fingerprint density at radius 3 is 2.50 bits per heavy atom. The Labute approximate surface area is 201 Å². The summed E-state index contributed by atoms with van der Waals surface area (Å²) >= 11 is 12.1. The first-order chi connectivity index (χ1) is 16.2. The number of nitrogens with zero attached hydrogens (tertiary/aromatic N) is 1. The molecular formula is C20H19Cl2N5O7. The molecule has 3 aromatic rings. The number of carbonyl (C=O) groups excluding carboxylic acids is 2. The van der Waals surface area contributed by atoms with Gasteiger partial charge in [-0.1, -0.05) is 35.3 Å². The van der Waals surface area contributed by atoms with E-state index in [0.717, 1.165) is 19.2 Å². The molecule has 0 fully saturated rings. The van der Waals surface area contributed by atoms with Gasteiger partial charge in [-0.2, -0.15) is 10.7 Å². The molecule has 180 valence electrons. The summed E-state index contributed by atoms with van der Waals surface area (Å²) in [5.74, 6) is -3.25. The number of nitrogens with one attached hydrogen (secondary N) is 4. The zero-order valence-corrected chi connectivity index (χ0v) is 19.0. The first-order valence-electron chi connectivity index (χ1n) is 9.64. The Bertz CT molecular complexity index is 1260. The number of amides is 1. The summed E-state index contributed by atoms with van der Waals surface area (Å²) in [5.41, 5.74) is 1.69. The van der Waals surface area contributed by atoms with Crippen LogP contribution in [0.5, 0.6) is 0 Å². The topological polar surface area (TPSA) is 181 Å². The van der Waals surface area contributed by atoms with E-state index in [9.17, 15) is 24.8 Å². The van der Waals surface area contributed by atoms with Crippen LogP contribution in [0.3, 0.4) is 0 Å². The predicted octanol–water partition coefficient (Wildman–Crippen LogP) is 0.951. The van der Waals surface area contributed by atoms with Crippen LogP contribution in [-0.2, 0) is 20.7 Å². The van der Waals surface area contributed by atoms with Crippen molar-refractivity contribution in [2.45, 2.75) is 12.5 Å². The van der Waals surface area contributed by atoms with Crippen LogP contribution in [0, 0.1) is 11.1 Å². The van der Waals surface area contributed by atoms with Crippen LogP contribution < -0.4 is 21.6 Å². The highest BCUT2D eigenvalue weighted by molar-refractivity contribution is 6.40. The number of H-pyrrole nitrogens is 1. The van der Waals surface area contributed by atoms with Crippen LogP contribution in [0.25, 0.3) is 11.0 Å². The van der Waals surface area contributed by atoms with Gasteiger partial charge in [0, 0.05) is 18.6 Å². The minimum Gasteiger partial charge on any atom is -0.595 e. The number of hydrogen-bond donors (Lipinski definition) is 6. The van der Waals surface area contributed by atoms with Gasteiger partial charge in [-0.25, -0.2) is 10.2 Å². The lowest BCUT2D eigenvalue weighted by atomic mass is 9.94. The third-order valence-electron chi connectivity index (χ3n) is 4.95. The first-order valence-corrected chi connectivity index (χ1v) is 10.4. The number of methoxy groups -OCH3 is 1. The number of ether oxygens (including phenoxy) is 1. The van der Waals surface area contributed by atoms with Crippen molar-refractivity contribution in [3.63, 3.8) is 0 Å². The minimum atomic E-state index is -1.62. The van der Waals surface area contributed by atoms with Gasteiger partial charge in [0.15, 0.2) is 5.69 Å². The van der Waals surface area contributed by atoms with Gasteiger partial charge in [0.25, 0.3) is 5.56 Å². The van der Waals surface area contributed by atoms with Gasteiger partial charge >= 0.3 is 5.97 Å². The van der Waals surface area contributed by atoms with Crippen LogP contribution in [0.15, 0.2) is 41.2 Å². The highest BCUT2D eigenvalue weighted by Crippen LogP contribution is 2.33. The Morgan fingerprint density at radius 1 is 1.26 bits per heavy atom. The highest BCUT2D eigenvalue weighted by atomic mass is 35.5. The zero-order chi connectivity index (χ0) is 25.0. The van der Waals surface area contributed by atoms with E-state index in [1.807, 2.05) is 0 Å². The third-order valence-corrected chi connectivity index (χ3v) is 5.54. The maximum atomic E-state index is 12.9. The van der Waals surface area contributed by atoms with Crippen LogP contribution in [0.1, 0.15) is 5.69 Å². The van der Waals surface area contributed by atoms with Crippen molar-refractivity contribution < 1.29 is 30.0 Å². The number of rotatable bonds is 8. The quantitative estimate of drug-likeness (QED) is 0.189. The molecule has 0 aliphatic rings. The maximum Gasteiger partial charge on any atom is 0.311 e. The van der Waals surface area contributed by atoms with E-state index in [-0.39, 0.29) is 33.5 Å². The smallest absolute Gasteiger partial charge is 0.311 e. The largest absolute Gasteiger partial charge is 0.595 e. The number of fused-ring (bicyclic) bond motifs is 1. The molecule has 0 aliphatic carbocycles. The molecule has 34 heavy (non-hydrogen) atoms. The molecule has 0 bridgehead atoms. The van der Waals surface area contributed by atoms with Gasteiger partial charge in [-0.15, -0.1) is 0 Å². The summed E-state index contributed by atoms with van der Waals surface area (Å²) in [4.78, 5) is 44.8. The average Bonchev–Trinajstić information content (AvgIpc) is 2.80. The molecule has 0 aliphatic heterocycles. The molecule has 0 radical (unpaired) electrons. The van der Waals surface area contributed by atoms with Crippen LogP contribution >= 0.6 is 23.2 Å². The highest BCUT2D eigenvalue weighted by Gasteiger charge is 2.36. The molecule has 14 heteroatoms. The van der Waals surface area contributed by atoms with E-state index < -0.39 is 34.6 Å². The Morgan fingerprint density at radius 2 is 1.91 bits per heavy atom. The molecule has 2 aromatic carbocycles. The second kappa shape index (κ2) is 10.9. The zero-order valence-electron chi connectivity index (χ0n) is 17.5. The molecule has 0 spiro atoms. The fourth-order valence-electron chi connectivity index (χ4n) is 3.25. The summed E-state index contributed by atoms with van der Waals surface area (Å²) in [6.07, 6.45) is -0.363. The summed E-state index contributed by atoms with van der Waals surface area (Å²) in [6, 6.07) is 7.26. The van der Waals surface area contributed by atoms with Crippen molar-refractivity contribution in [2.24, 2.45) is 5.92 Å². The minimum absolute atomic E-state index is 0.0657. The third kappa shape index (κ3) is 5.51. The Kier molecular flexibility index (Phi) is 8.17. The van der Waals surface area contributed by atoms with E-state index in [1.54, 1.807) is 29.7 Å². The monoisotopic (exact) mass is 511 g/mol. The molecule has 1 heterocycles. The van der Waals surface area contributed by atoms with E-state index in [1.165, 1.54) is 0 Å². The summed E-state index contributed by atoms with van der Waals surface area (Å²) in [5, 5.41) is 30.6. The molecule has 0 saturated heterocycles. The SMILES string of the molecule is COC(=O)C(Cc1nc2ccccc2[nH]c1=O)C(NO)C(=O)Nc1c(Cl)cc([NH+]([O-])O)cc1Cl. The summed E-state index contributed by atoms with van der Waals surface area (Å²) < 4.78 is 4.76. The Balaban J connectivity index is 1.92. The lowest BCUT2D eigenvalue weighted by Gasteiger charge is -2.23. The maximum absolute atomic E-state index is 12.9. The predicted molar refractivity (Wildman–Crippen MR) is 121 cm³/mol. The van der Waals surface area contributed by atoms with E-state index in [0.29, 0.717) is 11.0 Å². The molecule has 0 saturated carbocycles. The number of aromatic nitrogens is 2. The normalized spacial score (nSPS) is 13.8. The van der Waals surface area contributed by atoms with Crippen molar-refractivity contribution in [1.29, 1.82) is 0 Å². The van der Waals surface area contributed by atoms with Gasteiger partial charge in [0.1, 0.15) is 11.7 Å². The molecule has 3 unspecified atom stereocenters. The van der Waals surface area contributed by atoms with E-state index >= 15 is 0 Å². The fraction of sp³-hybridized carbons (Fsp3) is 0.200. The number of para-hydroxylation sites is 2. The van der Waals surface area contributed by atoms with Crippen molar-refractivity contribution >= 4 is 57.5 Å². The van der Waals surface area contributed by atoms with Crippen molar-refractivity contribution in [2.75, 3.05) is 12.4 Å². The van der Waals surface area contributed by atoms with Gasteiger partial charge < -0.3 is 25.5 Å². The number of hydroxylamine groups is 1. The number of quaternary nitrogens is 1.